The standard InChI is InChI=1S/C40H60N2O4/c1-24-22-33(30(7)28(5)26(24)3)36-18-14-17-35(41-36)32(16-12-10-9-11-13-21-39(43)44)40(45)46-38-20-15-19-37(42-38)34-23-25(2)27(4)29(6)31(34)8/h22-23,32,35-38,41-42H,9-21H2,1-8H3,(H,43,44). The Morgan fingerprint density at radius 2 is 1.22 bits per heavy atom. The van der Waals surface area contributed by atoms with E-state index in [9.17, 15) is 9.59 Å². The van der Waals surface area contributed by atoms with Gasteiger partial charge >= 0.3 is 11.9 Å². The Hall–Kier alpha value is -2.70. The Balaban J connectivity index is 1.47. The third-order valence-corrected chi connectivity index (χ3v) is 11.5. The van der Waals surface area contributed by atoms with Gasteiger partial charge in [-0.1, -0.05) is 37.8 Å². The van der Waals surface area contributed by atoms with Gasteiger partial charge in [0.1, 0.15) is 0 Å². The lowest BCUT2D eigenvalue weighted by Gasteiger charge is -2.38. The van der Waals surface area contributed by atoms with Crippen molar-refractivity contribution in [3.63, 3.8) is 0 Å². The van der Waals surface area contributed by atoms with Crippen LogP contribution in [0.1, 0.15) is 151 Å². The molecule has 2 fully saturated rings. The fourth-order valence-electron chi connectivity index (χ4n) is 7.86. The molecule has 2 aromatic rings. The van der Waals surface area contributed by atoms with Gasteiger partial charge in [-0.3, -0.25) is 14.9 Å². The summed E-state index contributed by atoms with van der Waals surface area (Å²) in [6, 6.07) is 5.16. The zero-order valence-corrected chi connectivity index (χ0v) is 29.9. The molecule has 2 saturated heterocycles. The van der Waals surface area contributed by atoms with Crippen LogP contribution in [0.5, 0.6) is 0 Å². The van der Waals surface area contributed by atoms with E-state index in [1.807, 2.05) is 0 Å². The summed E-state index contributed by atoms with van der Waals surface area (Å²) >= 11 is 0. The number of hydrogen-bond acceptors (Lipinski definition) is 5. The van der Waals surface area contributed by atoms with Gasteiger partial charge in [-0.05, 0) is 162 Å². The topological polar surface area (TPSA) is 87.7 Å². The summed E-state index contributed by atoms with van der Waals surface area (Å²) in [7, 11) is 0. The number of carboxylic acids is 1. The van der Waals surface area contributed by atoms with Crippen LogP contribution in [0.2, 0.25) is 0 Å². The third-order valence-electron chi connectivity index (χ3n) is 11.5. The molecule has 4 rings (SSSR count). The van der Waals surface area contributed by atoms with E-state index in [2.05, 4.69) is 78.2 Å². The van der Waals surface area contributed by atoms with E-state index in [1.54, 1.807) is 0 Å². The van der Waals surface area contributed by atoms with E-state index in [0.717, 1.165) is 77.0 Å². The number of esters is 1. The van der Waals surface area contributed by atoms with Crippen molar-refractivity contribution in [2.24, 2.45) is 5.92 Å². The minimum Gasteiger partial charge on any atom is -0.481 e. The molecule has 6 heteroatoms. The second-order valence-electron chi connectivity index (χ2n) is 14.5. The number of nitrogens with one attached hydrogen (secondary N) is 2. The number of carbonyl (C=O) groups is 2. The minimum atomic E-state index is -0.726. The van der Waals surface area contributed by atoms with Crippen LogP contribution in [-0.2, 0) is 14.3 Å². The number of unbranched alkanes of at least 4 members (excludes halogenated alkanes) is 4. The van der Waals surface area contributed by atoms with Gasteiger partial charge in [-0.15, -0.1) is 0 Å². The van der Waals surface area contributed by atoms with Gasteiger partial charge in [0.15, 0.2) is 6.23 Å². The second kappa shape index (κ2) is 16.4. The Labute approximate surface area is 278 Å². The van der Waals surface area contributed by atoms with Crippen LogP contribution in [0.15, 0.2) is 12.1 Å². The molecule has 0 amide bonds. The molecule has 0 bridgehead atoms. The fourth-order valence-corrected chi connectivity index (χ4v) is 7.86. The van der Waals surface area contributed by atoms with Crippen LogP contribution in [0.4, 0.5) is 0 Å². The molecular weight excluding hydrogens is 572 g/mol. The van der Waals surface area contributed by atoms with E-state index in [0.29, 0.717) is 0 Å². The van der Waals surface area contributed by atoms with Crippen molar-refractivity contribution < 1.29 is 19.4 Å². The molecule has 46 heavy (non-hydrogen) atoms. The van der Waals surface area contributed by atoms with Gasteiger partial charge in [-0.25, -0.2) is 0 Å². The summed E-state index contributed by atoms with van der Waals surface area (Å²) in [6.07, 6.45) is 11.4. The van der Waals surface area contributed by atoms with E-state index in [4.69, 9.17) is 9.84 Å². The molecule has 2 heterocycles. The SMILES string of the molecule is Cc1cc(C2CCCC(OC(=O)C(CCCCCCCC(=O)O)C3CCCC(c4cc(C)c(C)c(C)c4C)N3)N2)c(C)c(C)c1C. The minimum absolute atomic E-state index is 0.0728. The highest BCUT2D eigenvalue weighted by Crippen LogP contribution is 2.36. The number of carbonyl (C=O) groups excluding carboxylic acids is 1. The molecule has 5 atom stereocenters. The van der Waals surface area contributed by atoms with Gasteiger partial charge in [0.05, 0.1) is 5.92 Å². The molecule has 5 unspecified atom stereocenters. The Morgan fingerprint density at radius 3 is 1.80 bits per heavy atom. The molecule has 0 aromatic heterocycles. The molecule has 3 N–H and O–H groups in total. The third kappa shape index (κ3) is 8.80. The zero-order valence-electron chi connectivity index (χ0n) is 29.9. The first-order chi connectivity index (χ1) is 21.9. The molecule has 0 aliphatic carbocycles. The fraction of sp³-hybridized carbons (Fsp3) is 0.650. The normalized spacial score (nSPS) is 22.4. The summed E-state index contributed by atoms with van der Waals surface area (Å²) in [4.78, 5) is 25.0. The van der Waals surface area contributed by atoms with Crippen molar-refractivity contribution in [3.8, 4) is 0 Å². The van der Waals surface area contributed by atoms with Crippen molar-refractivity contribution in [1.29, 1.82) is 0 Å². The number of hydrogen-bond donors (Lipinski definition) is 3. The average molecular weight is 633 g/mol. The molecule has 2 aliphatic rings. The maximum atomic E-state index is 14.1. The number of aryl methyl sites for hydroxylation is 2. The van der Waals surface area contributed by atoms with Gasteiger partial charge in [0, 0.05) is 24.5 Å². The van der Waals surface area contributed by atoms with Gasteiger partial charge in [0.2, 0.25) is 0 Å². The van der Waals surface area contributed by atoms with E-state index < -0.39 is 5.97 Å². The van der Waals surface area contributed by atoms with Gasteiger partial charge in [-0.2, -0.15) is 0 Å². The molecule has 0 radical (unpaired) electrons. The van der Waals surface area contributed by atoms with Gasteiger partial charge in [0.25, 0.3) is 0 Å². The number of carboxylic acid groups (broad SMARTS) is 1. The first-order valence-corrected chi connectivity index (χ1v) is 18.0. The summed E-state index contributed by atoms with van der Waals surface area (Å²) in [5.41, 5.74) is 13.5. The van der Waals surface area contributed by atoms with Crippen LogP contribution >= 0.6 is 0 Å². The number of piperidine rings is 2. The van der Waals surface area contributed by atoms with Crippen molar-refractivity contribution in [3.05, 3.63) is 67.8 Å². The van der Waals surface area contributed by atoms with Crippen molar-refractivity contribution in [2.45, 2.75) is 163 Å². The smallest absolute Gasteiger partial charge is 0.312 e. The van der Waals surface area contributed by atoms with E-state index in [-0.39, 0.29) is 42.7 Å². The maximum Gasteiger partial charge on any atom is 0.312 e. The number of benzene rings is 2. The van der Waals surface area contributed by atoms with Gasteiger partial charge < -0.3 is 15.2 Å². The molecule has 2 aliphatic heterocycles. The summed E-state index contributed by atoms with van der Waals surface area (Å²) in [6.45, 7) is 17.7. The monoisotopic (exact) mass is 632 g/mol. The molecule has 6 nitrogen and oxygen atoms in total. The van der Waals surface area contributed by atoms with Crippen LogP contribution in [0, 0.1) is 61.3 Å². The summed E-state index contributed by atoms with van der Waals surface area (Å²) in [5.74, 6) is -1.01. The maximum absolute atomic E-state index is 14.1. The molecule has 2 aromatic carbocycles. The highest BCUT2D eigenvalue weighted by Gasteiger charge is 2.36. The highest BCUT2D eigenvalue weighted by atomic mass is 16.6. The highest BCUT2D eigenvalue weighted by molar-refractivity contribution is 5.73. The van der Waals surface area contributed by atoms with Crippen molar-refractivity contribution in [2.75, 3.05) is 0 Å². The molecular formula is C40H60N2O4. The summed E-state index contributed by atoms with van der Waals surface area (Å²) in [5, 5.41) is 16.6. The number of rotatable bonds is 13. The molecule has 0 spiro atoms. The molecule has 0 saturated carbocycles. The van der Waals surface area contributed by atoms with Crippen LogP contribution in [0.25, 0.3) is 0 Å². The lowest BCUT2D eigenvalue weighted by molar-refractivity contribution is -0.159. The lowest BCUT2D eigenvalue weighted by atomic mass is 9.82. The first kappa shape index (κ1) is 36.1. The average Bonchev–Trinajstić information content (AvgIpc) is 3.03. The number of aliphatic carboxylic acids is 1. The second-order valence-corrected chi connectivity index (χ2v) is 14.5. The van der Waals surface area contributed by atoms with Crippen molar-refractivity contribution in [1.82, 2.24) is 10.6 Å². The van der Waals surface area contributed by atoms with Crippen LogP contribution in [-0.4, -0.2) is 29.3 Å². The quantitative estimate of drug-likeness (QED) is 0.151. The Morgan fingerprint density at radius 1 is 0.696 bits per heavy atom. The predicted octanol–water partition coefficient (Wildman–Crippen LogP) is 9.15. The number of ether oxygens (including phenoxy) is 1. The zero-order chi connectivity index (χ0) is 33.5. The Kier molecular flexibility index (Phi) is 12.9. The van der Waals surface area contributed by atoms with Crippen LogP contribution < -0.4 is 10.6 Å². The first-order valence-electron chi connectivity index (χ1n) is 18.0. The predicted molar refractivity (Wildman–Crippen MR) is 187 cm³/mol. The van der Waals surface area contributed by atoms with E-state index in [1.165, 1.54) is 55.6 Å². The largest absolute Gasteiger partial charge is 0.481 e. The molecule has 254 valence electrons. The van der Waals surface area contributed by atoms with Crippen LogP contribution in [0.3, 0.4) is 0 Å². The summed E-state index contributed by atoms with van der Waals surface area (Å²) < 4.78 is 6.37. The lowest BCUT2D eigenvalue weighted by Crippen LogP contribution is -2.48. The van der Waals surface area contributed by atoms with Crippen molar-refractivity contribution >= 4 is 11.9 Å². The Bertz CT molecular complexity index is 1380. The van der Waals surface area contributed by atoms with E-state index >= 15 is 0 Å².